The standard InChI is InChI=1S/C16H24N2S/c1-13-9-11-15(12-10-13)18-16(19)17-14-7-5-3-2-4-6-8-14/h9-12,14H,2-8H2,1H3,(H2,17,18,19). The summed E-state index contributed by atoms with van der Waals surface area (Å²) in [6, 6.07) is 8.88. The second-order valence-electron chi connectivity index (χ2n) is 5.51. The van der Waals surface area contributed by atoms with E-state index in [-0.39, 0.29) is 0 Å². The molecule has 0 radical (unpaired) electrons. The molecule has 2 N–H and O–H groups in total. The van der Waals surface area contributed by atoms with Crippen molar-refractivity contribution in [3.05, 3.63) is 29.8 Å². The number of thiocarbonyl (C=S) groups is 1. The summed E-state index contributed by atoms with van der Waals surface area (Å²) in [5, 5.41) is 7.50. The summed E-state index contributed by atoms with van der Waals surface area (Å²) >= 11 is 5.41. The minimum atomic E-state index is 0.547. The number of hydrogen-bond acceptors (Lipinski definition) is 1. The maximum Gasteiger partial charge on any atom is 0.170 e. The van der Waals surface area contributed by atoms with Crippen molar-refractivity contribution in [3.63, 3.8) is 0 Å². The average molecular weight is 276 g/mol. The lowest BCUT2D eigenvalue weighted by atomic mass is 9.97. The van der Waals surface area contributed by atoms with Gasteiger partial charge in [0.05, 0.1) is 0 Å². The van der Waals surface area contributed by atoms with E-state index in [1.54, 1.807) is 0 Å². The number of benzene rings is 1. The molecule has 0 aromatic heterocycles. The molecule has 19 heavy (non-hydrogen) atoms. The Morgan fingerprint density at radius 1 is 1.00 bits per heavy atom. The van der Waals surface area contributed by atoms with Crippen LogP contribution in [-0.4, -0.2) is 11.2 Å². The molecule has 2 rings (SSSR count). The molecule has 0 atom stereocenters. The second kappa shape index (κ2) is 7.49. The van der Waals surface area contributed by atoms with E-state index in [4.69, 9.17) is 12.2 Å². The molecule has 0 spiro atoms. The number of nitrogens with one attached hydrogen (secondary N) is 2. The summed E-state index contributed by atoms with van der Waals surface area (Å²) in [5.41, 5.74) is 2.33. The maximum absolute atomic E-state index is 5.41. The third-order valence-corrected chi connectivity index (χ3v) is 3.97. The summed E-state index contributed by atoms with van der Waals surface area (Å²) < 4.78 is 0. The van der Waals surface area contributed by atoms with Gasteiger partial charge in [-0.3, -0.25) is 0 Å². The number of anilines is 1. The van der Waals surface area contributed by atoms with Crippen LogP contribution in [0.4, 0.5) is 5.69 Å². The summed E-state index contributed by atoms with van der Waals surface area (Å²) in [6.07, 6.45) is 9.28. The number of aryl methyl sites for hydroxylation is 1. The molecule has 1 aromatic rings. The summed E-state index contributed by atoms with van der Waals surface area (Å²) in [5.74, 6) is 0. The average Bonchev–Trinajstić information content (AvgIpc) is 2.35. The highest BCUT2D eigenvalue weighted by Crippen LogP contribution is 2.17. The van der Waals surface area contributed by atoms with E-state index in [9.17, 15) is 0 Å². The molecule has 0 heterocycles. The molecule has 0 bridgehead atoms. The van der Waals surface area contributed by atoms with Crippen molar-refractivity contribution >= 4 is 23.0 Å². The van der Waals surface area contributed by atoms with Crippen molar-refractivity contribution in [2.45, 2.75) is 57.9 Å². The minimum Gasteiger partial charge on any atom is -0.360 e. The molecule has 0 unspecified atom stereocenters. The molecule has 1 saturated carbocycles. The second-order valence-corrected chi connectivity index (χ2v) is 5.91. The topological polar surface area (TPSA) is 24.1 Å². The first-order valence-corrected chi connectivity index (χ1v) is 7.79. The van der Waals surface area contributed by atoms with Crippen molar-refractivity contribution in [2.75, 3.05) is 5.32 Å². The van der Waals surface area contributed by atoms with Gasteiger partial charge in [-0.1, -0.05) is 49.8 Å². The van der Waals surface area contributed by atoms with E-state index in [0.717, 1.165) is 10.8 Å². The molecule has 1 aliphatic rings. The fourth-order valence-electron chi connectivity index (χ4n) is 2.59. The summed E-state index contributed by atoms with van der Waals surface area (Å²) in [4.78, 5) is 0. The first-order valence-electron chi connectivity index (χ1n) is 7.38. The highest BCUT2D eigenvalue weighted by Gasteiger charge is 2.12. The Morgan fingerprint density at radius 2 is 1.58 bits per heavy atom. The minimum absolute atomic E-state index is 0.547. The molecular formula is C16H24N2S. The van der Waals surface area contributed by atoms with Crippen LogP contribution in [0.3, 0.4) is 0 Å². The molecule has 1 aliphatic carbocycles. The van der Waals surface area contributed by atoms with E-state index in [1.165, 1.54) is 50.5 Å². The van der Waals surface area contributed by atoms with Crippen LogP contribution in [0.25, 0.3) is 0 Å². The van der Waals surface area contributed by atoms with Gasteiger partial charge in [-0.25, -0.2) is 0 Å². The largest absolute Gasteiger partial charge is 0.360 e. The monoisotopic (exact) mass is 276 g/mol. The molecule has 3 heteroatoms. The normalized spacial score (nSPS) is 17.3. The van der Waals surface area contributed by atoms with Crippen LogP contribution in [0.2, 0.25) is 0 Å². The van der Waals surface area contributed by atoms with Gasteiger partial charge in [0, 0.05) is 11.7 Å². The fraction of sp³-hybridized carbons (Fsp3) is 0.562. The van der Waals surface area contributed by atoms with Gasteiger partial charge in [0.15, 0.2) is 5.11 Å². The van der Waals surface area contributed by atoms with Crippen molar-refractivity contribution in [1.29, 1.82) is 0 Å². The van der Waals surface area contributed by atoms with E-state index < -0.39 is 0 Å². The predicted octanol–water partition coefficient (Wildman–Crippen LogP) is 4.39. The van der Waals surface area contributed by atoms with Gasteiger partial charge >= 0.3 is 0 Å². The quantitative estimate of drug-likeness (QED) is 0.783. The van der Waals surface area contributed by atoms with Crippen molar-refractivity contribution in [3.8, 4) is 0 Å². The Morgan fingerprint density at radius 3 is 2.21 bits per heavy atom. The lowest BCUT2D eigenvalue weighted by molar-refractivity contribution is 0.430. The van der Waals surface area contributed by atoms with Crippen LogP contribution in [0.5, 0.6) is 0 Å². The molecule has 0 amide bonds. The zero-order chi connectivity index (χ0) is 13.5. The van der Waals surface area contributed by atoms with Crippen LogP contribution in [0, 0.1) is 6.92 Å². The van der Waals surface area contributed by atoms with Gasteiger partial charge in [0.25, 0.3) is 0 Å². The smallest absolute Gasteiger partial charge is 0.170 e. The van der Waals surface area contributed by atoms with Crippen LogP contribution in [-0.2, 0) is 0 Å². The SMILES string of the molecule is Cc1ccc(NC(=S)NC2CCCCCCC2)cc1. The Balaban J connectivity index is 1.80. The third kappa shape index (κ3) is 5.19. The van der Waals surface area contributed by atoms with Gasteiger partial charge in [-0.2, -0.15) is 0 Å². The molecule has 1 aromatic carbocycles. The third-order valence-electron chi connectivity index (χ3n) is 3.75. The molecule has 1 fully saturated rings. The lowest BCUT2D eigenvalue weighted by Crippen LogP contribution is -2.38. The van der Waals surface area contributed by atoms with Crippen LogP contribution in [0.1, 0.15) is 50.5 Å². The van der Waals surface area contributed by atoms with Crippen molar-refractivity contribution < 1.29 is 0 Å². The van der Waals surface area contributed by atoms with E-state index >= 15 is 0 Å². The van der Waals surface area contributed by atoms with Crippen LogP contribution in [0.15, 0.2) is 24.3 Å². The zero-order valence-electron chi connectivity index (χ0n) is 11.7. The molecule has 2 nitrogen and oxygen atoms in total. The van der Waals surface area contributed by atoms with Gasteiger partial charge in [0.1, 0.15) is 0 Å². The highest BCUT2D eigenvalue weighted by molar-refractivity contribution is 7.80. The number of hydrogen-bond donors (Lipinski definition) is 2. The Bertz CT molecular complexity index is 392. The van der Waals surface area contributed by atoms with Gasteiger partial charge in [0.2, 0.25) is 0 Å². The number of rotatable bonds is 2. The van der Waals surface area contributed by atoms with Gasteiger partial charge in [-0.15, -0.1) is 0 Å². The van der Waals surface area contributed by atoms with Gasteiger partial charge < -0.3 is 10.6 Å². The lowest BCUT2D eigenvalue weighted by Gasteiger charge is -2.22. The van der Waals surface area contributed by atoms with Crippen molar-refractivity contribution in [1.82, 2.24) is 5.32 Å². The Kier molecular flexibility index (Phi) is 5.64. The van der Waals surface area contributed by atoms with Crippen LogP contribution < -0.4 is 10.6 Å². The molecule has 104 valence electrons. The maximum atomic E-state index is 5.41. The molecule has 0 aliphatic heterocycles. The zero-order valence-corrected chi connectivity index (χ0v) is 12.6. The first-order chi connectivity index (χ1) is 9.24. The Hall–Kier alpha value is -1.09. The summed E-state index contributed by atoms with van der Waals surface area (Å²) in [7, 11) is 0. The van der Waals surface area contributed by atoms with E-state index in [1.807, 2.05) is 0 Å². The van der Waals surface area contributed by atoms with Gasteiger partial charge in [-0.05, 0) is 44.1 Å². The first kappa shape index (κ1) is 14.3. The van der Waals surface area contributed by atoms with Crippen molar-refractivity contribution in [2.24, 2.45) is 0 Å². The van der Waals surface area contributed by atoms with Crippen LogP contribution >= 0.6 is 12.2 Å². The van der Waals surface area contributed by atoms with E-state index in [0.29, 0.717) is 6.04 Å². The fourth-order valence-corrected chi connectivity index (χ4v) is 2.87. The van der Waals surface area contributed by atoms with E-state index in [2.05, 4.69) is 41.8 Å². The molecular weight excluding hydrogens is 252 g/mol. The predicted molar refractivity (Wildman–Crippen MR) is 86.6 cm³/mol. The Labute approximate surface area is 122 Å². The highest BCUT2D eigenvalue weighted by atomic mass is 32.1. The molecule has 0 saturated heterocycles. The summed E-state index contributed by atoms with van der Waals surface area (Å²) in [6.45, 7) is 2.09.